The zero-order valence-corrected chi connectivity index (χ0v) is 9.77. The second-order valence-electron chi connectivity index (χ2n) is 3.59. The largest absolute Gasteiger partial charge is 0.468 e. The molecule has 5 heteroatoms. The van der Waals surface area contributed by atoms with Crippen molar-refractivity contribution >= 4 is 11.9 Å². The van der Waals surface area contributed by atoms with Gasteiger partial charge in [0.15, 0.2) is 0 Å². The third kappa shape index (κ3) is 3.86. The maximum atomic E-state index is 13.3. The average molecular weight is 239 g/mol. The van der Waals surface area contributed by atoms with Crippen LogP contribution in [-0.4, -0.2) is 37.5 Å². The molecule has 0 spiro atoms. The zero-order chi connectivity index (χ0) is 12.8. The Morgan fingerprint density at radius 3 is 2.59 bits per heavy atom. The molecule has 0 aliphatic rings. The Kier molecular flexibility index (Phi) is 4.63. The summed E-state index contributed by atoms with van der Waals surface area (Å²) in [5.74, 6) is -1.26. The molecular formula is C12H14FNO3. The molecule has 0 N–H and O–H groups in total. The fraction of sp³-hybridized carbons (Fsp3) is 0.333. The molecule has 0 fully saturated rings. The van der Waals surface area contributed by atoms with Crippen LogP contribution in [0.3, 0.4) is 0 Å². The molecule has 1 rings (SSSR count). The number of ether oxygens (including phenoxy) is 1. The molecule has 1 aromatic carbocycles. The lowest BCUT2D eigenvalue weighted by atomic mass is 10.1. The molecule has 0 unspecified atom stereocenters. The van der Waals surface area contributed by atoms with Crippen LogP contribution < -0.4 is 0 Å². The highest BCUT2D eigenvalue weighted by molar-refractivity contribution is 5.83. The zero-order valence-electron chi connectivity index (χ0n) is 9.77. The van der Waals surface area contributed by atoms with E-state index in [0.29, 0.717) is 5.56 Å². The molecule has 0 heterocycles. The Morgan fingerprint density at radius 1 is 1.35 bits per heavy atom. The van der Waals surface area contributed by atoms with Crippen molar-refractivity contribution in [2.24, 2.45) is 0 Å². The fourth-order valence-corrected chi connectivity index (χ4v) is 1.29. The Morgan fingerprint density at radius 2 is 2.00 bits per heavy atom. The Bertz CT molecular complexity index is 420. The molecule has 1 amide bonds. The van der Waals surface area contributed by atoms with Gasteiger partial charge >= 0.3 is 5.97 Å². The summed E-state index contributed by atoms with van der Waals surface area (Å²) >= 11 is 0. The lowest BCUT2D eigenvalue weighted by Gasteiger charge is -2.15. The van der Waals surface area contributed by atoms with Crippen LogP contribution in [0.4, 0.5) is 4.39 Å². The van der Waals surface area contributed by atoms with Crippen LogP contribution in [0.1, 0.15) is 5.56 Å². The minimum atomic E-state index is -0.505. The van der Waals surface area contributed by atoms with Crippen LogP contribution in [-0.2, 0) is 20.7 Å². The Labute approximate surface area is 99.0 Å². The third-order valence-corrected chi connectivity index (χ3v) is 2.32. The Balaban J connectivity index is 2.60. The number of halogens is 1. The van der Waals surface area contributed by atoms with Gasteiger partial charge in [-0.2, -0.15) is 0 Å². The predicted molar refractivity (Wildman–Crippen MR) is 59.8 cm³/mol. The molecule has 0 saturated heterocycles. The molecule has 0 atom stereocenters. The van der Waals surface area contributed by atoms with Gasteiger partial charge in [0.2, 0.25) is 5.91 Å². The van der Waals surface area contributed by atoms with E-state index in [1.165, 1.54) is 25.1 Å². The second-order valence-corrected chi connectivity index (χ2v) is 3.59. The van der Waals surface area contributed by atoms with Crippen molar-refractivity contribution in [3.05, 3.63) is 35.6 Å². The normalized spacial score (nSPS) is 9.82. The summed E-state index contributed by atoms with van der Waals surface area (Å²) < 4.78 is 17.7. The molecule has 0 saturated carbocycles. The number of hydrogen-bond acceptors (Lipinski definition) is 3. The molecule has 0 aliphatic heterocycles. The minimum Gasteiger partial charge on any atom is -0.468 e. The number of likely N-dealkylation sites (N-methyl/N-ethyl adjacent to an activating group) is 1. The maximum absolute atomic E-state index is 13.3. The molecule has 1 aromatic rings. The standard InChI is InChI=1S/C12H14FNO3/c1-14(8-12(16)17-2)11(15)7-9-5-3-4-6-10(9)13/h3-6H,7-8H2,1-2H3. The van der Waals surface area contributed by atoms with Crippen molar-refractivity contribution in [1.29, 1.82) is 0 Å². The third-order valence-electron chi connectivity index (χ3n) is 2.32. The van der Waals surface area contributed by atoms with Gasteiger partial charge in [0, 0.05) is 7.05 Å². The number of benzene rings is 1. The average Bonchev–Trinajstić information content (AvgIpc) is 2.31. The summed E-state index contributed by atoms with van der Waals surface area (Å²) in [7, 11) is 2.72. The van der Waals surface area contributed by atoms with E-state index in [1.54, 1.807) is 18.2 Å². The highest BCUT2D eigenvalue weighted by Crippen LogP contribution is 2.08. The van der Waals surface area contributed by atoms with E-state index in [0.717, 1.165) is 0 Å². The van der Waals surface area contributed by atoms with Crippen molar-refractivity contribution in [2.75, 3.05) is 20.7 Å². The summed E-state index contributed by atoms with van der Waals surface area (Å²) in [5, 5.41) is 0. The molecule has 0 aliphatic carbocycles. The van der Waals surface area contributed by atoms with Crippen molar-refractivity contribution in [1.82, 2.24) is 4.90 Å². The number of hydrogen-bond donors (Lipinski definition) is 0. The summed E-state index contributed by atoms with van der Waals surface area (Å²) in [5.41, 5.74) is 0.314. The van der Waals surface area contributed by atoms with E-state index >= 15 is 0 Å². The predicted octanol–water partition coefficient (Wildman–Crippen LogP) is 1.000. The number of methoxy groups -OCH3 is 1. The van der Waals surface area contributed by atoms with Crippen LogP contribution in [0.15, 0.2) is 24.3 Å². The lowest BCUT2D eigenvalue weighted by Crippen LogP contribution is -2.33. The molecule has 0 aromatic heterocycles. The van der Waals surface area contributed by atoms with Crippen LogP contribution in [0.25, 0.3) is 0 Å². The van der Waals surface area contributed by atoms with E-state index in [1.807, 2.05) is 0 Å². The first-order valence-electron chi connectivity index (χ1n) is 5.08. The topological polar surface area (TPSA) is 46.6 Å². The van der Waals surface area contributed by atoms with E-state index < -0.39 is 11.8 Å². The summed E-state index contributed by atoms with van der Waals surface area (Å²) in [6.45, 7) is -0.135. The van der Waals surface area contributed by atoms with Crippen LogP contribution in [0.5, 0.6) is 0 Å². The van der Waals surface area contributed by atoms with E-state index in [-0.39, 0.29) is 18.9 Å². The van der Waals surface area contributed by atoms with E-state index in [9.17, 15) is 14.0 Å². The molecular weight excluding hydrogens is 225 g/mol. The monoisotopic (exact) mass is 239 g/mol. The SMILES string of the molecule is COC(=O)CN(C)C(=O)Cc1ccccc1F. The summed E-state index contributed by atoms with van der Waals surface area (Å²) in [6, 6.07) is 6.05. The van der Waals surface area contributed by atoms with Crippen molar-refractivity contribution in [3.8, 4) is 0 Å². The van der Waals surface area contributed by atoms with Gasteiger partial charge in [0.1, 0.15) is 12.4 Å². The van der Waals surface area contributed by atoms with Gasteiger partial charge in [-0.15, -0.1) is 0 Å². The van der Waals surface area contributed by atoms with Gasteiger partial charge in [0.25, 0.3) is 0 Å². The van der Waals surface area contributed by atoms with E-state index in [4.69, 9.17) is 0 Å². The van der Waals surface area contributed by atoms with Crippen molar-refractivity contribution in [3.63, 3.8) is 0 Å². The lowest BCUT2D eigenvalue weighted by molar-refractivity contribution is -0.145. The first-order valence-corrected chi connectivity index (χ1v) is 5.08. The Hall–Kier alpha value is -1.91. The fourth-order valence-electron chi connectivity index (χ4n) is 1.29. The summed E-state index contributed by atoms with van der Waals surface area (Å²) in [4.78, 5) is 23.8. The smallest absolute Gasteiger partial charge is 0.325 e. The number of amides is 1. The summed E-state index contributed by atoms with van der Waals surface area (Å²) in [6.07, 6.45) is -0.0693. The minimum absolute atomic E-state index is 0.0693. The molecule has 4 nitrogen and oxygen atoms in total. The highest BCUT2D eigenvalue weighted by atomic mass is 19.1. The number of esters is 1. The van der Waals surface area contributed by atoms with Crippen molar-refractivity contribution < 1.29 is 18.7 Å². The molecule has 0 radical (unpaired) electrons. The van der Waals surface area contributed by atoms with Gasteiger partial charge in [-0.3, -0.25) is 9.59 Å². The van der Waals surface area contributed by atoms with Gasteiger partial charge < -0.3 is 9.64 Å². The van der Waals surface area contributed by atoms with Gasteiger partial charge in [-0.1, -0.05) is 18.2 Å². The molecule has 17 heavy (non-hydrogen) atoms. The van der Waals surface area contributed by atoms with E-state index in [2.05, 4.69) is 4.74 Å². The quantitative estimate of drug-likeness (QED) is 0.736. The molecule has 0 bridgehead atoms. The molecule has 92 valence electrons. The van der Waals surface area contributed by atoms with Crippen molar-refractivity contribution in [2.45, 2.75) is 6.42 Å². The van der Waals surface area contributed by atoms with Gasteiger partial charge in [-0.05, 0) is 11.6 Å². The highest BCUT2D eigenvalue weighted by Gasteiger charge is 2.15. The first-order chi connectivity index (χ1) is 8.04. The van der Waals surface area contributed by atoms with Gasteiger partial charge in [0.05, 0.1) is 13.5 Å². The van der Waals surface area contributed by atoms with Gasteiger partial charge in [-0.25, -0.2) is 4.39 Å². The number of carbonyl (C=O) groups excluding carboxylic acids is 2. The first kappa shape index (κ1) is 13.2. The number of carbonyl (C=O) groups is 2. The van der Waals surface area contributed by atoms with Crippen LogP contribution >= 0.6 is 0 Å². The van der Waals surface area contributed by atoms with Crippen LogP contribution in [0.2, 0.25) is 0 Å². The maximum Gasteiger partial charge on any atom is 0.325 e. The van der Waals surface area contributed by atoms with Crippen LogP contribution in [0, 0.1) is 5.82 Å². The number of nitrogens with zero attached hydrogens (tertiary/aromatic N) is 1. The number of rotatable bonds is 4. The second kappa shape index (κ2) is 5.98.